The standard InChI is InChI=1S/C9H12BrClN2O/c1-3-4-7(14-2)9-12-5-6(10)8(11)13-9/h5,7H,3-4H2,1-2H3. The Bertz CT molecular complexity index is 309. The summed E-state index contributed by atoms with van der Waals surface area (Å²) >= 11 is 9.10. The van der Waals surface area contributed by atoms with Gasteiger partial charge in [0.15, 0.2) is 5.82 Å². The quantitative estimate of drug-likeness (QED) is 0.793. The molecule has 1 heterocycles. The van der Waals surface area contributed by atoms with E-state index in [1.807, 2.05) is 0 Å². The van der Waals surface area contributed by atoms with Gasteiger partial charge in [0.1, 0.15) is 11.3 Å². The van der Waals surface area contributed by atoms with Crippen molar-refractivity contribution in [3.05, 3.63) is 21.6 Å². The van der Waals surface area contributed by atoms with Gasteiger partial charge in [0.25, 0.3) is 0 Å². The van der Waals surface area contributed by atoms with Crippen molar-refractivity contribution in [1.82, 2.24) is 9.97 Å². The molecule has 0 aromatic carbocycles. The Balaban J connectivity index is 2.88. The van der Waals surface area contributed by atoms with Crippen LogP contribution < -0.4 is 0 Å². The highest BCUT2D eigenvalue weighted by molar-refractivity contribution is 9.10. The van der Waals surface area contributed by atoms with Crippen LogP contribution in [0.25, 0.3) is 0 Å². The van der Waals surface area contributed by atoms with E-state index >= 15 is 0 Å². The average Bonchev–Trinajstić information content (AvgIpc) is 2.19. The fraction of sp³-hybridized carbons (Fsp3) is 0.556. The van der Waals surface area contributed by atoms with Crippen LogP contribution in [0.1, 0.15) is 31.7 Å². The van der Waals surface area contributed by atoms with Crippen LogP contribution >= 0.6 is 27.5 Å². The lowest BCUT2D eigenvalue weighted by molar-refractivity contribution is 0.0876. The summed E-state index contributed by atoms with van der Waals surface area (Å²) in [5.41, 5.74) is 0. The van der Waals surface area contributed by atoms with Crippen molar-refractivity contribution in [3.8, 4) is 0 Å². The van der Waals surface area contributed by atoms with Gasteiger partial charge in [-0.1, -0.05) is 24.9 Å². The Morgan fingerprint density at radius 1 is 1.64 bits per heavy atom. The summed E-state index contributed by atoms with van der Waals surface area (Å²) in [4.78, 5) is 8.31. The third kappa shape index (κ3) is 2.90. The minimum atomic E-state index is -0.0643. The summed E-state index contributed by atoms with van der Waals surface area (Å²) in [5, 5.41) is 0.424. The van der Waals surface area contributed by atoms with Gasteiger partial charge in [0, 0.05) is 13.3 Å². The van der Waals surface area contributed by atoms with E-state index in [0.29, 0.717) is 15.5 Å². The van der Waals surface area contributed by atoms with Crippen LogP contribution in [0.3, 0.4) is 0 Å². The Kier molecular flexibility index (Phi) is 4.78. The number of halogens is 2. The highest BCUT2D eigenvalue weighted by Gasteiger charge is 2.13. The number of hydrogen-bond acceptors (Lipinski definition) is 3. The zero-order valence-electron chi connectivity index (χ0n) is 8.13. The minimum Gasteiger partial charge on any atom is -0.373 e. The largest absolute Gasteiger partial charge is 0.373 e. The highest BCUT2D eigenvalue weighted by Crippen LogP contribution is 2.23. The van der Waals surface area contributed by atoms with Gasteiger partial charge in [0.05, 0.1) is 4.47 Å². The van der Waals surface area contributed by atoms with E-state index in [0.717, 1.165) is 12.8 Å². The molecule has 0 N–H and O–H groups in total. The molecule has 0 spiro atoms. The second-order valence-corrected chi connectivity index (χ2v) is 4.09. The molecule has 1 aromatic rings. The van der Waals surface area contributed by atoms with Gasteiger partial charge >= 0.3 is 0 Å². The molecule has 0 aliphatic heterocycles. The molecule has 1 unspecified atom stereocenters. The predicted octanol–water partition coefficient (Wildman–Crippen LogP) is 3.38. The Morgan fingerprint density at radius 2 is 2.36 bits per heavy atom. The summed E-state index contributed by atoms with van der Waals surface area (Å²) in [7, 11) is 1.65. The number of aromatic nitrogens is 2. The summed E-state index contributed by atoms with van der Waals surface area (Å²) in [6.45, 7) is 2.09. The Hall–Kier alpha value is -0.190. The number of nitrogens with zero attached hydrogens (tertiary/aromatic N) is 2. The zero-order valence-corrected chi connectivity index (χ0v) is 10.5. The van der Waals surface area contributed by atoms with Crippen LogP contribution in [0.2, 0.25) is 5.15 Å². The molecule has 3 nitrogen and oxygen atoms in total. The Labute approximate surface area is 97.0 Å². The highest BCUT2D eigenvalue weighted by atomic mass is 79.9. The first kappa shape index (κ1) is 11.9. The van der Waals surface area contributed by atoms with Gasteiger partial charge in [-0.05, 0) is 22.4 Å². The molecule has 0 aliphatic carbocycles. The van der Waals surface area contributed by atoms with E-state index in [9.17, 15) is 0 Å². The van der Waals surface area contributed by atoms with Gasteiger partial charge in [-0.15, -0.1) is 0 Å². The lowest BCUT2D eigenvalue weighted by atomic mass is 10.2. The summed E-state index contributed by atoms with van der Waals surface area (Å²) in [6.07, 6.45) is 3.50. The van der Waals surface area contributed by atoms with E-state index in [1.54, 1.807) is 13.3 Å². The molecule has 1 rings (SSSR count). The van der Waals surface area contributed by atoms with Gasteiger partial charge in [-0.25, -0.2) is 9.97 Å². The fourth-order valence-electron chi connectivity index (χ4n) is 1.13. The second-order valence-electron chi connectivity index (χ2n) is 2.88. The van der Waals surface area contributed by atoms with Crippen molar-refractivity contribution in [2.75, 3.05) is 7.11 Å². The van der Waals surface area contributed by atoms with Crippen LogP contribution in [0.5, 0.6) is 0 Å². The van der Waals surface area contributed by atoms with E-state index < -0.39 is 0 Å². The van der Waals surface area contributed by atoms with Gasteiger partial charge in [0.2, 0.25) is 0 Å². The summed E-state index contributed by atoms with van der Waals surface area (Å²) in [5.74, 6) is 0.641. The van der Waals surface area contributed by atoms with E-state index in [2.05, 4.69) is 32.8 Å². The molecule has 0 amide bonds. The lowest BCUT2D eigenvalue weighted by Crippen LogP contribution is -2.06. The van der Waals surface area contributed by atoms with Crippen molar-refractivity contribution < 1.29 is 4.74 Å². The minimum absolute atomic E-state index is 0.0643. The molecule has 1 aromatic heterocycles. The summed E-state index contributed by atoms with van der Waals surface area (Å²) in [6, 6.07) is 0. The predicted molar refractivity (Wildman–Crippen MR) is 59.4 cm³/mol. The summed E-state index contributed by atoms with van der Waals surface area (Å²) < 4.78 is 5.98. The SMILES string of the molecule is CCCC(OC)c1ncc(Br)c(Cl)n1. The van der Waals surface area contributed by atoms with Crippen LogP contribution in [-0.4, -0.2) is 17.1 Å². The van der Waals surface area contributed by atoms with E-state index in [4.69, 9.17) is 16.3 Å². The molecule has 0 radical (unpaired) electrons. The maximum Gasteiger partial charge on any atom is 0.158 e. The smallest absolute Gasteiger partial charge is 0.158 e. The number of rotatable bonds is 4. The average molecular weight is 280 g/mol. The molecule has 0 aliphatic rings. The van der Waals surface area contributed by atoms with Crippen LogP contribution in [0.4, 0.5) is 0 Å². The molecule has 14 heavy (non-hydrogen) atoms. The number of ether oxygens (including phenoxy) is 1. The van der Waals surface area contributed by atoms with Crippen molar-refractivity contribution in [2.24, 2.45) is 0 Å². The maximum absolute atomic E-state index is 5.86. The van der Waals surface area contributed by atoms with Crippen molar-refractivity contribution in [2.45, 2.75) is 25.9 Å². The molecule has 0 fully saturated rings. The third-order valence-corrected chi connectivity index (χ3v) is 2.94. The van der Waals surface area contributed by atoms with Gasteiger partial charge in [-0.3, -0.25) is 0 Å². The maximum atomic E-state index is 5.86. The third-order valence-electron chi connectivity index (χ3n) is 1.84. The normalized spacial score (nSPS) is 12.9. The van der Waals surface area contributed by atoms with Crippen LogP contribution in [0, 0.1) is 0 Å². The number of hydrogen-bond donors (Lipinski definition) is 0. The first-order chi connectivity index (χ1) is 6.69. The van der Waals surface area contributed by atoms with Gasteiger partial charge in [-0.2, -0.15) is 0 Å². The molecule has 0 bridgehead atoms. The zero-order chi connectivity index (χ0) is 10.6. The molecule has 1 atom stereocenters. The topological polar surface area (TPSA) is 35.0 Å². The van der Waals surface area contributed by atoms with Crippen molar-refractivity contribution >= 4 is 27.5 Å². The van der Waals surface area contributed by atoms with Crippen LogP contribution in [-0.2, 0) is 4.74 Å². The van der Waals surface area contributed by atoms with E-state index in [1.165, 1.54) is 0 Å². The second kappa shape index (κ2) is 5.63. The lowest BCUT2D eigenvalue weighted by Gasteiger charge is -2.12. The first-order valence-corrected chi connectivity index (χ1v) is 5.56. The molecule has 0 saturated heterocycles. The molecule has 0 saturated carbocycles. The molecular formula is C9H12BrClN2O. The molecular weight excluding hydrogens is 267 g/mol. The van der Waals surface area contributed by atoms with Gasteiger partial charge < -0.3 is 4.74 Å². The first-order valence-electron chi connectivity index (χ1n) is 4.39. The number of methoxy groups -OCH3 is 1. The van der Waals surface area contributed by atoms with Crippen molar-refractivity contribution in [1.29, 1.82) is 0 Å². The van der Waals surface area contributed by atoms with Crippen LogP contribution in [0.15, 0.2) is 10.7 Å². The molecule has 5 heteroatoms. The van der Waals surface area contributed by atoms with Crippen molar-refractivity contribution in [3.63, 3.8) is 0 Å². The van der Waals surface area contributed by atoms with E-state index in [-0.39, 0.29) is 6.10 Å². The monoisotopic (exact) mass is 278 g/mol. The fourth-order valence-corrected chi connectivity index (χ4v) is 1.46. The Morgan fingerprint density at radius 3 is 2.86 bits per heavy atom. The molecule has 78 valence electrons.